The predicted octanol–water partition coefficient (Wildman–Crippen LogP) is 4.60. The number of carbonyl (C=O) groups excluding carboxylic acids is 2. The number of hydrogen-bond donors (Lipinski definition) is 2. The van der Waals surface area contributed by atoms with Crippen LogP contribution in [0.1, 0.15) is 40.0 Å². The van der Waals surface area contributed by atoms with E-state index in [1.807, 2.05) is 20.8 Å². The quantitative estimate of drug-likeness (QED) is 0.695. The Labute approximate surface area is 179 Å². The maximum Gasteiger partial charge on any atom is 0.573 e. The van der Waals surface area contributed by atoms with Gasteiger partial charge in [-0.05, 0) is 51.7 Å². The molecule has 10 heteroatoms. The Balaban J connectivity index is 1.48. The van der Waals surface area contributed by atoms with Crippen LogP contribution >= 0.6 is 0 Å². The summed E-state index contributed by atoms with van der Waals surface area (Å²) < 4.78 is 46.7. The molecular formula is C21H28F3N3O4. The number of alkyl halides is 3. The molecule has 1 heterocycles. The molecular weight excluding hydrogens is 415 g/mol. The minimum Gasteiger partial charge on any atom is -0.444 e. The van der Waals surface area contributed by atoms with Crippen molar-refractivity contribution in [3.05, 3.63) is 18.2 Å². The predicted molar refractivity (Wildman–Crippen MR) is 109 cm³/mol. The smallest absolute Gasteiger partial charge is 0.444 e. The number of likely N-dealkylation sites (tertiary alicyclic amines) is 1. The number of nitrogens with one attached hydrogen (secondary N) is 2. The van der Waals surface area contributed by atoms with E-state index in [0.717, 1.165) is 18.9 Å². The summed E-state index contributed by atoms with van der Waals surface area (Å²) >= 11 is 0. The fraction of sp³-hybridized carbons (Fsp3) is 0.619. The Hall–Kier alpha value is -2.65. The molecule has 0 aromatic heterocycles. The largest absolute Gasteiger partial charge is 0.573 e. The summed E-state index contributed by atoms with van der Waals surface area (Å²) in [5, 5.41) is 5.50. The van der Waals surface area contributed by atoms with E-state index in [1.165, 1.54) is 12.1 Å². The minimum atomic E-state index is -4.81. The van der Waals surface area contributed by atoms with Crippen LogP contribution in [0.25, 0.3) is 0 Å². The topological polar surface area (TPSA) is 79.9 Å². The molecule has 2 aliphatic rings. The molecule has 3 rings (SSSR count). The average molecular weight is 443 g/mol. The molecule has 2 amide bonds. The van der Waals surface area contributed by atoms with E-state index >= 15 is 0 Å². The highest BCUT2D eigenvalue weighted by molar-refractivity contribution is 5.94. The van der Waals surface area contributed by atoms with Crippen molar-refractivity contribution in [3.8, 4) is 5.75 Å². The fourth-order valence-corrected chi connectivity index (χ4v) is 4.29. The molecule has 1 spiro atoms. The van der Waals surface area contributed by atoms with Gasteiger partial charge in [0, 0.05) is 38.0 Å². The third-order valence-electron chi connectivity index (χ3n) is 5.39. The van der Waals surface area contributed by atoms with E-state index in [4.69, 9.17) is 4.74 Å². The zero-order valence-corrected chi connectivity index (χ0v) is 18.1. The van der Waals surface area contributed by atoms with Gasteiger partial charge >= 0.3 is 12.5 Å². The van der Waals surface area contributed by atoms with Gasteiger partial charge in [0.15, 0.2) is 0 Å². The van der Waals surface area contributed by atoms with Crippen molar-refractivity contribution in [2.24, 2.45) is 11.3 Å². The average Bonchev–Trinajstić information content (AvgIpc) is 2.52. The lowest BCUT2D eigenvalue weighted by Crippen LogP contribution is -2.64. The van der Waals surface area contributed by atoms with Crippen LogP contribution in [0.15, 0.2) is 18.2 Å². The number of hydrogen-bond acceptors (Lipinski definition) is 5. The molecule has 1 saturated heterocycles. The summed E-state index contributed by atoms with van der Waals surface area (Å²) in [6.07, 6.45) is -3.20. The number of anilines is 2. The highest BCUT2D eigenvalue weighted by atomic mass is 19.4. The zero-order chi connectivity index (χ0) is 23.0. The Morgan fingerprint density at radius 2 is 1.81 bits per heavy atom. The minimum absolute atomic E-state index is 0.0540. The van der Waals surface area contributed by atoms with E-state index in [1.54, 1.807) is 11.9 Å². The molecule has 1 saturated carbocycles. The van der Waals surface area contributed by atoms with Crippen LogP contribution in [0, 0.1) is 11.3 Å². The lowest BCUT2D eigenvalue weighted by molar-refractivity contribution is -0.274. The highest BCUT2D eigenvalue weighted by Gasteiger charge is 2.54. The summed E-state index contributed by atoms with van der Waals surface area (Å²) in [7, 11) is 1.61. The number of halogens is 3. The summed E-state index contributed by atoms with van der Waals surface area (Å²) in [6, 6.07) is 3.73. The first-order chi connectivity index (χ1) is 14.3. The van der Waals surface area contributed by atoms with Gasteiger partial charge in [0.1, 0.15) is 11.4 Å². The number of nitrogens with zero attached hydrogens (tertiary/aromatic N) is 1. The van der Waals surface area contributed by atoms with Gasteiger partial charge in [-0.15, -0.1) is 13.2 Å². The lowest BCUT2D eigenvalue weighted by atomic mass is 9.57. The molecule has 0 bridgehead atoms. The second kappa shape index (κ2) is 8.12. The molecule has 2 N–H and O–H groups in total. The summed E-state index contributed by atoms with van der Waals surface area (Å²) in [4.78, 5) is 26.2. The van der Waals surface area contributed by atoms with Gasteiger partial charge < -0.3 is 25.0 Å². The number of carbonyl (C=O) groups is 2. The molecule has 1 aromatic carbocycles. The Morgan fingerprint density at radius 1 is 1.16 bits per heavy atom. The van der Waals surface area contributed by atoms with Crippen LogP contribution in [-0.2, 0) is 9.53 Å². The molecule has 0 atom stereocenters. The molecule has 172 valence electrons. The van der Waals surface area contributed by atoms with E-state index in [0.29, 0.717) is 18.8 Å². The molecule has 1 aromatic rings. The first-order valence-corrected chi connectivity index (χ1v) is 10.1. The first-order valence-electron chi connectivity index (χ1n) is 10.1. The summed E-state index contributed by atoms with van der Waals surface area (Å²) in [5.74, 6) is -0.502. The fourth-order valence-electron chi connectivity index (χ4n) is 4.29. The maximum absolute atomic E-state index is 12.5. The first kappa shape index (κ1) is 23.0. The van der Waals surface area contributed by atoms with Crippen LogP contribution in [-0.4, -0.2) is 49.0 Å². The van der Waals surface area contributed by atoms with Gasteiger partial charge in [0.05, 0.1) is 11.4 Å². The third kappa shape index (κ3) is 5.95. The van der Waals surface area contributed by atoms with E-state index in [9.17, 15) is 22.8 Å². The summed E-state index contributed by atoms with van der Waals surface area (Å²) in [5.41, 5.74) is 0.232. The SMILES string of the molecule is CNc1ccc(OC(F)(F)F)cc1NC(=O)CC1CC2(C1)CN(C(=O)OC(C)(C)C)C2. The van der Waals surface area contributed by atoms with E-state index < -0.39 is 17.7 Å². The molecule has 31 heavy (non-hydrogen) atoms. The van der Waals surface area contributed by atoms with Crippen molar-refractivity contribution >= 4 is 23.4 Å². The van der Waals surface area contributed by atoms with Gasteiger partial charge in [-0.25, -0.2) is 4.79 Å². The third-order valence-corrected chi connectivity index (χ3v) is 5.39. The van der Waals surface area contributed by atoms with Crippen LogP contribution in [0.2, 0.25) is 0 Å². The Morgan fingerprint density at radius 3 is 2.35 bits per heavy atom. The van der Waals surface area contributed by atoms with Crippen LogP contribution in [0.5, 0.6) is 5.75 Å². The van der Waals surface area contributed by atoms with Crippen molar-refractivity contribution < 1.29 is 32.2 Å². The van der Waals surface area contributed by atoms with Crippen molar-refractivity contribution in [2.45, 2.75) is 52.0 Å². The van der Waals surface area contributed by atoms with Gasteiger partial charge in [-0.2, -0.15) is 0 Å². The molecule has 0 unspecified atom stereocenters. The lowest BCUT2D eigenvalue weighted by Gasteiger charge is -2.58. The number of amides is 2. The number of ether oxygens (including phenoxy) is 2. The van der Waals surface area contributed by atoms with Crippen molar-refractivity contribution in [1.29, 1.82) is 0 Å². The second-order valence-corrected chi connectivity index (χ2v) is 9.37. The van der Waals surface area contributed by atoms with E-state index in [-0.39, 0.29) is 35.4 Å². The normalized spacial score (nSPS) is 18.1. The van der Waals surface area contributed by atoms with Crippen LogP contribution in [0.4, 0.5) is 29.3 Å². The van der Waals surface area contributed by atoms with Crippen LogP contribution < -0.4 is 15.4 Å². The van der Waals surface area contributed by atoms with Crippen molar-refractivity contribution in [2.75, 3.05) is 30.8 Å². The van der Waals surface area contributed by atoms with Gasteiger partial charge in [0.25, 0.3) is 0 Å². The Bertz CT molecular complexity index is 837. The molecule has 7 nitrogen and oxygen atoms in total. The monoisotopic (exact) mass is 443 g/mol. The van der Waals surface area contributed by atoms with Crippen molar-refractivity contribution in [1.82, 2.24) is 4.90 Å². The molecule has 1 aliphatic heterocycles. The second-order valence-electron chi connectivity index (χ2n) is 9.37. The summed E-state index contributed by atoms with van der Waals surface area (Å²) in [6.45, 7) is 6.72. The van der Waals surface area contributed by atoms with E-state index in [2.05, 4.69) is 15.4 Å². The van der Waals surface area contributed by atoms with Gasteiger partial charge in [0.2, 0.25) is 5.91 Å². The van der Waals surface area contributed by atoms with Crippen LogP contribution in [0.3, 0.4) is 0 Å². The van der Waals surface area contributed by atoms with Gasteiger partial charge in [-0.3, -0.25) is 4.79 Å². The molecule has 0 radical (unpaired) electrons. The number of rotatable bonds is 5. The Kier molecular flexibility index (Phi) is 6.03. The van der Waals surface area contributed by atoms with Crippen molar-refractivity contribution in [3.63, 3.8) is 0 Å². The molecule has 1 aliphatic carbocycles. The van der Waals surface area contributed by atoms with Gasteiger partial charge in [-0.1, -0.05) is 0 Å². The highest BCUT2D eigenvalue weighted by Crippen LogP contribution is 2.53. The zero-order valence-electron chi connectivity index (χ0n) is 18.1. The molecule has 2 fully saturated rings. The maximum atomic E-state index is 12.5. The standard InChI is InChI=1S/C21H28F3N3O4/c1-19(2,3)31-18(29)27-11-20(12-27)9-13(10-20)7-17(28)26-16-8-14(30-21(22,23)24)5-6-15(16)25-4/h5-6,8,13,25H,7,9-12H2,1-4H3,(H,26,28). The number of benzene rings is 1.